The monoisotopic (exact) mass is 309 g/mol. The number of hydrogen-bond acceptors (Lipinski definition) is 2. The van der Waals surface area contributed by atoms with Gasteiger partial charge in [-0.15, -0.1) is 0 Å². The highest BCUT2D eigenvalue weighted by Gasteiger charge is 2.45. The summed E-state index contributed by atoms with van der Waals surface area (Å²) in [6.45, 7) is 2.06. The molecule has 1 aliphatic heterocycles. The third kappa shape index (κ3) is 2.86. The van der Waals surface area contributed by atoms with Crippen molar-refractivity contribution in [1.82, 2.24) is 4.90 Å². The lowest BCUT2D eigenvalue weighted by Gasteiger charge is -2.37. The zero-order valence-electron chi connectivity index (χ0n) is 12.2. The molecule has 2 nitrogen and oxygen atoms in total. The average Bonchev–Trinajstić information content (AvgIpc) is 3.13. The Balaban J connectivity index is 1.79. The highest BCUT2D eigenvalue weighted by atomic mass is 35.5. The van der Waals surface area contributed by atoms with Gasteiger partial charge in [0.2, 0.25) is 0 Å². The van der Waals surface area contributed by atoms with E-state index in [-0.39, 0.29) is 16.3 Å². The molecule has 2 aliphatic rings. The summed E-state index contributed by atoms with van der Waals surface area (Å²) in [5, 5.41) is 0.112. The van der Waals surface area contributed by atoms with E-state index in [4.69, 9.17) is 11.6 Å². The molecule has 21 heavy (non-hydrogen) atoms. The Morgan fingerprint density at radius 1 is 1.19 bits per heavy atom. The van der Waals surface area contributed by atoms with Crippen molar-refractivity contribution in [2.24, 2.45) is 0 Å². The smallest absolute Gasteiger partial charge is 0.157 e. The van der Waals surface area contributed by atoms with Crippen LogP contribution in [0.3, 0.4) is 0 Å². The fraction of sp³-hybridized carbons (Fsp3) is 0.588. The first-order valence-electron chi connectivity index (χ1n) is 7.84. The van der Waals surface area contributed by atoms with E-state index in [1.807, 2.05) is 0 Å². The van der Waals surface area contributed by atoms with Gasteiger partial charge in [0, 0.05) is 6.42 Å². The minimum absolute atomic E-state index is 0.112. The molecule has 0 bridgehead atoms. The SMILES string of the molecule is O=C(Cc1ccc(Cl)c(F)c1)C1(N2CCCC2)CCCC1. The number of nitrogens with zero attached hydrogens (tertiary/aromatic N) is 1. The molecule has 1 aromatic rings. The Bertz CT molecular complexity index is 534. The summed E-state index contributed by atoms with van der Waals surface area (Å²) in [6.07, 6.45) is 6.85. The molecule has 0 spiro atoms. The van der Waals surface area contributed by atoms with Crippen LogP contribution in [0.4, 0.5) is 4.39 Å². The second kappa shape index (κ2) is 6.05. The largest absolute Gasteiger partial charge is 0.297 e. The first-order valence-corrected chi connectivity index (χ1v) is 8.22. The third-order valence-corrected chi connectivity index (χ3v) is 5.32. The van der Waals surface area contributed by atoms with Crippen LogP contribution in [-0.2, 0) is 11.2 Å². The molecule has 114 valence electrons. The van der Waals surface area contributed by atoms with Crippen LogP contribution >= 0.6 is 11.6 Å². The zero-order chi connectivity index (χ0) is 14.9. The van der Waals surface area contributed by atoms with Gasteiger partial charge >= 0.3 is 0 Å². The molecule has 1 aliphatic carbocycles. The van der Waals surface area contributed by atoms with E-state index in [0.717, 1.165) is 44.3 Å². The predicted octanol–water partition coefficient (Wildman–Crippen LogP) is 4.00. The lowest BCUT2D eigenvalue weighted by atomic mass is 9.86. The lowest BCUT2D eigenvalue weighted by molar-refractivity contribution is -0.129. The van der Waals surface area contributed by atoms with Crippen molar-refractivity contribution in [3.05, 3.63) is 34.6 Å². The molecule has 4 heteroatoms. The van der Waals surface area contributed by atoms with Crippen molar-refractivity contribution in [1.29, 1.82) is 0 Å². The van der Waals surface area contributed by atoms with Crippen molar-refractivity contribution in [3.63, 3.8) is 0 Å². The number of Topliss-reactive ketones (excluding diaryl/α,β-unsaturated/α-hetero) is 1. The van der Waals surface area contributed by atoms with Crippen molar-refractivity contribution in [2.45, 2.75) is 50.5 Å². The molecule has 1 saturated carbocycles. The molecule has 0 radical (unpaired) electrons. The van der Waals surface area contributed by atoms with E-state index >= 15 is 0 Å². The van der Waals surface area contributed by atoms with Crippen LogP contribution < -0.4 is 0 Å². The maximum Gasteiger partial charge on any atom is 0.157 e. The minimum atomic E-state index is -0.441. The van der Waals surface area contributed by atoms with Crippen LogP contribution in [0.25, 0.3) is 0 Å². The van der Waals surface area contributed by atoms with Gasteiger partial charge in [-0.2, -0.15) is 0 Å². The number of halogens is 2. The molecule has 2 fully saturated rings. The normalized spacial score (nSPS) is 21.8. The van der Waals surface area contributed by atoms with Crippen LogP contribution in [0.2, 0.25) is 5.02 Å². The summed E-state index contributed by atoms with van der Waals surface area (Å²) in [5.41, 5.74) is 0.444. The molecule has 0 atom stereocenters. The number of ketones is 1. The standard InChI is InChI=1S/C17H21ClFNO/c18-14-6-5-13(11-15(14)19)12-16(21)17(7-1-2-8-17)20-9-3-4-10-20/h5-6,11H,1-4,7-10,12H2. The predicted molar refractivity (Wildman–Crippen MR) is 82.1 cm³/mol. The molecule has 1 saturated heterocycles. The number of rotatable bonds is 4. The number of benzene rings is 1. The fourth-order valence-electron chi connectivity index (χ4n) is 3.88. The van der Waals surface area contributed by atoms with E-state index in [1.54, 1.807) is 6.07 Å². The summed E-state index contributed by atoms with van der Waals surface area (Å²) < 4.78 is 13.5. The van der Waals surface area contributed by atoms with Gasteiger partial charge < -0.3 is 0 Å². The Morgan fingerprint density at radius 3 is 2.48 bits per heavy atom. The van der Waals surface area contributed by atoms with Gasteiger partial charge in [-0.1, -0.05) is 30.5 Å². The van der Waals surface area contributed by atoms with Crippen LogP contribution in [0.15, 0.2) is 18.2 Å². The van der Waals surface area contributed by atoms with Crippen molar-refractivity contribution in [3.8, 4) is 0 Å². The maximum absolute atomic E-state index is 13.5. The third-order valence-electron chi connectivity index (χ3n) is 5.01. The van der Waals surface area contributed by atoms with E-state index in [0.29, 0.717) is 6.42 Å². The molecular formula is C17H21ClFNO. The summed E-state index contributed by atoms with van der Waals surface area (Å²) >= 11 is 5.71. The Labute approximate surface area is 130 Å². The minimum Gasteiger partial charge on any atom is -0.297 e. The topological polar surface area (TPSA) is 20.3 Å². The number of hydrogen-bond donors (Lipinski definition) is 0. The molecule has 0 N–H and O–H groups in total. The van der Waals surface area contributed by atoms with Crippen molar-refractivity contribution in [2.75, 3.05) is 13.1 Å². The summed E-state index contributed by atoms with van der Waals surface area (Å²) in [7, 11) is 0. The fourth-order valence-corrected chi connectivity index (χ4v) is 3.99. The lowest BCUT2D eigenvalue weighted by Crippen LogP contribution is -2.52. The maximum atomic E-state index is 13.5. The Kier molecular flexibility index (Phi) is 4.32. The van der Waals surface area contributed by atoms with Crippen LogP contribution in [-0.4, -0.2) is 29.3 Å². The highest BCUT2D eigenvalue weighted by molar-refractivity contribution is 6.30. The average molecular weight is 310 g/mol. The van der Waals surface area contributed by atoms with Gasteiger partial charge in [-0.25, -0.2) is 4.39 Å². The first-order chi connectivity index (χ1) is 10.1. The van der Waals surface area contributed by atoms with Crippen molar-refractivity contribution < 1.29 is 9.18 Å². The van der Waals surface area contributed by atoms with E-state index in [1.165, 1.54) is 25.0 Å². The molecule has 3 rings (SSSR count). The van der Waals surface area contributed by atoms with Crippen LogP contribution in [0.1, 0.15) is 44.1 Å². The van der Waals surface area contributed by atoms with Gasteiger partial charge in [0.15, 0.2) is 5.78 Å². The van der Waals surface area contributed by atoms with Gasteiger partial charge in [-0.3, -0.25) is 9.69 Å². The summed E-state index contributed by atoms with van der Waals surface area (Å²) in [4.78, 5) is 15.3. The number of likely N-dealkylation sites (tertiary alicyclic amines) is 1. The first kappa shape index (κ1) is 15.0. The summed E-state index contributed by atoms with van der Waals surface area (Å²) in [5.74, 6) is -0.188. The van der Waals surface area contributed by atoms with Gasteiger partial charge in [0.1, 0.15) is 5.82 Å². The molecule has 1 aromatic carbocycles. The van der Waals surface area contributed by atoms with E-state index < -0.39 is 5.82 Å². The van der Waals surface area contributed by atoms with Gasteiger partial charge in [0.05, 0.1) is 10.6 Å². The second-order valence-electron chi connectivity index (χ2n) is 6.28. The molecular weight excluding hydrogens is 289 g/mol. The number of carbonyl (C=O) groups excluding carboxylic acids is 1. The second-order valence-corrected chi connectivity index (χ2v) is 6.69. The van der Waals surface area contributed by atoms with Gasteiger partial charge in [0.25, 0.3) is 0 Å². The van der Waals surface area contributed by atoms with Crippen LogP contribution in [0.5, 0.6) is 0 Å². The Morgan fingerprint density at radius 2 is 1.86 bits per heavy atom. The quantitative estimate of drug-likeness (QED) is 0.838. The van der Waals surface area contributed by atoms with Crippen LogP contribution in [0, 0.1) is 5.82 Å². The molecule has 0 unspecified atom stereocenters. The summed E-state index contributed by atoms with van der Waals surface area (Å²) in [6, 6.07) is 4.69. The molecule has 0 aromatic heterocycles. The zero-order valence-corrected chi connectivity index (χ0v) is 13.0. The van der Waals surface area contributed by atoms with Gasteiger partial charge in [-0.05, 0) is 56.5 Å². The van der Waals surface area contributed by atoms with E-state index in [2.05, 4.69) is 4.90 Å². The van der Waals surface area contributed by atoms with Crippen molar-refractivity contribution >= 4 is 17.4 Å². The molecule has 0 amide bonds. The number of carbonyl (C=O) groups is 1. The molecule has 1 heterocycles. The van der Waals surface area contributed by atoms with E-state index in [9.17, 15) is 9.18 Å². The Hall–Kier alpha value is -0.930. The highest BCUT2D eigenvalue weighted by Crippen LogP contribution is 2.39.